The highest BCUT2D eigenvalue weighted by atomic mass is 127. The Morgan fingerprint density at radius 3 is 2.38 bits per heavy atom. The molecule has 0 rings (SSSR count). The van der Waals surface area contributed by atoms with Crippen LogP contribution in [0.25, 0.3) is 0 Å². The van der Waals surface area contributed by atoms with Gasteiger partial charge in [0.05, 0.1) is 24.0 Å². The van der Waals surface area contributed by atoms with Crippen molar-refractivity contribution in [2.45, 2.75) is 92.0 Å². The van der Waals surface area contributed by atoms with Crippen molar-refractivity contribution in [3.8, 4) is 0 Å². The van der Waals surface area contributed by atoms with Gasteiger partial charge in [0.2, 0.25) is 0 Å². The molecular formula is C26H43IO5. The maximum Gasteiger partial charge on any atom is 0.309 e. The van der Waals surface area contributed by atoms with Gasteiger partial charge in [-0.05, 0) is 48.7 Å². The van der Waals surface area contributed by atoms with E-state index in [-0.39, 0.29) is 24.2 Å². The Morgan fingerprint density at radius 2 is 1.88 bits per heavy atom. The molecule has 0 bridgehead atoms. The summed E-state index contributed by atoms with van der Waals surface area (Å²) in [5, 5.41) is 10.8. The first kappa shape index (κ1) is 31.0. The van der Waals surface area contributed by atoms with Crippen LogP contribution in [0.3, 0.4) is 0 Å². The van der Waals surface area contributed by atoms with Crippen molar-refractivity contribution in [1.82, 2.24) is 0 Å². The van der Waals surface area contributed by atoms with Gasteiger partial charge in [-0.1, -0.05) is 68.5 Å². The van der Waals surface area contributed by atoms with E-state index in [1.165, 1.54) is 7.11 Å². The Bertz CT molecular complexity index is 653. The van der Waals surface area contributed by atoms with Gasteiger partial charge in [0.25, 0.3) is 0 Å². The van der Waals surface area contributed by atoms with E-state index >= 15 is 0 Å². The number of carbonyl (C=O) groups excluding carboxylic acids is 2. The number of unbranched alkanes of at least 4 members (excludes halogenated alkanes) is 1. The van der Waals surface area contributed by atoms with Crippen LogP contribution in [0.5, 0.6) is 0 Å². The molecular weight excluding hydrogens is 519 g/mol. The molecule has 0 aliphatic carbocycles. The lowest BCUT2D eigenvalue weighted by Crippen LogP contribution is -2.46. The molecule has 0 saturated heterocycles. The largest absolute Gasteiger partial charge is 0.457 e. The molecule has 5 nitrogen and oxygen atoms in total. The molecule has 0 spiro atoms. The van der Waals surface area contributed by atoms with Crippen LogP contribution in [-0.2, 0) is 19.1 Å². The number of halogens is 1. The van der Waals surface area contributed by atoms with Gasteiger partial charge in [-0.2, -0.15) is 0 Å². The van der Waals surface area contributed by atoms with E-state index in [1.54, 1.807) is 26.8 Å². The molecule has 5 unspecified atom stereocenters. The molecule has 6 heteroatoms. The third-order valence-corrected chi connectivity index (χ3v) is 7.17. The summed E-state index contributed by atoms with van der Waals surface area (Å²) in [5.74, 6) is -1.10. The van der Waals surface area contributed by atoms with E-state index in [2.05, 4.69) is 35.2 Å². The first-order valence-electron chi connectivity index (χ1n) is 11.4. The lowest BCUT2D eigenvalue weighted by Gasteiger charge is -2.36. The number of carbonyl (C=O) groups is 2. The molecule has 0 aliphatic rings. The van der Waals surface area contributed by atoms with E-state index in [1.807, 2.05) is 30.9 Å². The molecule has 0 saturated carbocycles. The summed E-state index contributed by atoms with van der Waals surface area (Å²) in [5.41, 5.74) is -0.0238. The van der Waals surface area contributed by atoms with Crippen LogP contribution in [0.2, 0.25) is 0 Å². The van der Waals surface area contributed by atoms with Gasteiger partial charge >= 0.3 is 5.97 Å². The van der Waals surface area contributed by atoms with E-state index in [9.17, 15) is 14.7 Å². The molecule has 0 radical (unpaired) electrons. The molecule has 0 aromatic rings. The molecule has 0 aliphatic heterocycles. The van der Waals surface area contributed by atoms with Gasteiger partial charge in [0.1, 0.15) is 11.9 Å². The molecule has 1 N–H and O–H groups in total. The van der Waals surface area contributed by atoms with Gasteiger partial charge in [-0.3, -0.25) is 9.59 Å². The highest BCUT2D eigenvalue weighted by Crippen LogP contribution is 2.33. The molecule has 0 amide bonds. The minimum Gasteiger partial charge on any atom is -0.457 e. The van der Waals surface area contributed by atoms with Crippen LogP contribution >= 0.6 is 22.6 Å². The molecule has 0 heterocycles. The maximum absolute atomic E-state index is 13.3. The zero-order valence-electron chi connectivity index (χ0n) is 20.9. The van der Waals surface area contributed by atoms with Crippen molar-refractivity contribution in [2.24, 2.45) is 17.3 Å². The second-order valence-corrected chi connectivity index (χ2v) is 9.75. The van der Waals surface area contributed by atoms with Crippen molar-refractivity contribution < 1.29 is 24.2 Å². The lowest BCUT2D eigenvalue weighted by atomic mass is 9.73. The maximum atomic E-state index is 13.3. The minimum absolute atomic E-state index is 0.00340. The van der Waals surface area contributed by atoms with Gasteiger partial charge < -0.3 is 14.6 Å². The number of ether oxygens (including phenoxy) is 2. The average molecular weight is 563 g/mol. The third kappa shape index (κ3) is 9.87. The zero-order valence-corrected chi connectivity index (χ0v) is 23.1. The molecule has 0 aromatic heterocycles. The zero-order chi connectivity index (χ0) is 24.9. The normalized spacial score (nSPS) is 17.5. The van der Waals surface area contributed by atoms with Crippen LogP contribution < -0.4 is 0 Å². The molecule has 5 atom stereocenters. The monoisotopic (exact) mass is 562 g/mol. The van der Waals surface area contributed by atoms with Crippen molar-refractivity contribution >= 4 is 34.3 Å². The number of hydrogen-bond donors (Lipinski definition) is 1. The smallest absolute Gasteiger partial charge is 0.309 e. The number of aliphatic hydroxyl groups excluding tert-OH is 1. The topological polar surface area (TPSA) is 72.8 Å². The van der Waals surface area contributed by atoms with E-state index in [4.69, 9.17) is 9.47 Å². The summed E-state index contributed by atoms with van der Waals surface area (Å²) in [6, 6.07) is 0. The van der Waals surface area contributed by atoms with Crippen LogP contribution in [0.1, 0.15) is 73.6 Å². The summed E-state index contributed by atoms with van der Waals surface area (Å²) in [4.78, 5) is 26.0. The second-order valence-electron chi connectivity index (χ2n) is 9.13. The van der Waals surface area contributed by atoms with Crippen molar-refractivity contribution in [3.05, 3.63) is 34.5 Å². The Kier molecular flexibility index (Phi) is 15.3. The number of Topliss-reactive ketones (excluding diaryl/α,β-unsaturated/α-hetero) is 1. The summed E-state index contributed by atoms with van der Waals surface area (Å²) in [7, 11) is 1.50. The summed E-state index contributed by atoms with van der Waals surface area (Å²) in [6.07, 6.45) is 7.32. The predicted octanol–water partition coefficient (Wildman–Crippen LogP) is 6.19. The summed E-state index contributed by atoms with van der Waals surface area (Å²) >= 11 is 2.12. The third-order valence-electron chi connectivity index (χ3n) is 6.19. The number of methoxy groups -OCH3 is 1. The predicted molar refractivity (Wildman–Crippen MR) is 140 cm³/mol. The fraction of sp³-hybridized carbons (Fsp3) is 0.692. The summed E-state index contributed by atoms with van der Waals surface area (Å²) in [6.45, 7) is 14.9. The minimum atomic E-state index is -0.957. The highest BCUT2D eigenvalue weighted by molar-refractivity contribution is 14.1. The van der Waals surface area contributed by atoms with E-state index in [0.29, 0.717) is 6.42 Å². The Labute approximate surface area is 208 Å². The molecule has 0 fully saturated rings. The standard InChI is InChI=1S/C26H43IO5/c1-9-11-12-13-15-18(3)24(29)20(5)25(30)26(6,7)22(31-8)16-23(28)32-21(14-10-2)19(4)17-27/h9-11,17-18,20-22,24,29H,2,12-16H2,1,3-8H3/b11-9?,19-17+. The first-order chi connectivity index (χ1) is 15.0. The lowest BCUT2D eigenvalue weighted by molar-refractivity contribution is -0.155. The van der Waals surface area contributed by atoms with Crippen LogP contribution in [0.4, 0.5) is 0 Å². The van der Waals surface area contributed by atoms with Crippen LogP contribution in [0.15, 0.2) is 34.5 Å². The van der Waals surface area contributed by atoms with Crippen LogP contribution in [0, 0.1) is 17.3 Å². The number of aliphatic hydroxyl groups is 1. The van der Waals surface area contributed by atoms with Crippen LogP contribution in [-0.4, -0.2) is 42.3 Å². The Morgan fingerprint density at radius 1 is 1.25 bits per heavy atom. The van der Waals surface area contributed by atoms with E-state index in [0.717, 1.165) is 24.8 Å². The fourth-order valence-corrected chi connectivity index (χ4v) is 4.23. The van der Waals surface area contributed by atoms with Crippen molar-refractivity contribution in [1.29, 1.82) is 0 Å². The van der Waals surface area contributed by atoms with E-state index < -0.39 is 29.5 Å². The quantitative estimate of drug-likeness (QED) is 0.105. The molecule has 0 aromatic carbocycles. The highest BCUT2D eigenvalue weighted by Gasteiger charge is 2.43. The number of rotatable bonds is 16. The Hall–Kier alpha value is -0.990. The van der Waals surface area contributed by atoms with Gasteiger partial charge in [-0.15, -0.1) is 6.58 Å². The average Bonchev–Trinajstić information content (AvgIpc) is 2.77. The number of esters is 1. The number of hydrogen-bond acceptors (Lipinski definition) is 5. The van der Waals surface area contributed by atoms with Gasteiger partial charge in [-0.25, -0.2) is 0 Å². The SMILES string of the molecule is C=CCC(OC(=O)CC(OC)C(C)(C)C(=O)C(C)C(O)C(C)CCCC=CC)/C(C)=C/I. The molecule has 32 heavy (non-hydrogen) atoms. The number of allylic oxidation sites excluding steroid dienone is 2. The van der Waals surface area contributed by atoms with Crippen molar-refractivity contribution in [2.75, 3.05) is 7.11 Å². The Balaban J connectivity index is 5.20. The van der Waals surface area contributed by atoms with Gasteiger partial charge in [0, 0.05) is 19.4 Å². The van der Waals surface area contributed by atoms with Gasteiger partial charge in [0.15, 0.2) is 0 Å². The summed E-state index contributed by atoms with van der Waals surface area (Å²) < 4.78 is 13.1. The second kappa shape index (κ2) is 15.8. The fourth-order valence-electron chi connectivity index (χ4n) is 3.83. The number of ketones is 1. The van der Waals surface area contributed by atoms with Crippen molar-refractivity contribution in [3.63, 3.8) is 0 Å². The first-order valence-corrected chi connectivity index (χ1v) is 12.7. The molecule has 184 valence electrons.